The van der Waals surface area contributed by atoms with Crippen LogP contribution in [-0.4, -0.2) is 57.0 Å². The Bertz CT molecular complexity index is 1300. The Balaban J connectivity index is 1.75. The molecule has 1 atom stereocenters. The summed E-state index contributed by atoms with van der Waals surface area (Å²) in [7, 11) is -3.17. The molecule has 2 aliphatic rings. The van der Waals surface area contributed by atoms with E-state index >= 15 is 0 Å². The van der Waals surface area contributed by atoms with Gasteiger partial charge in [-0.1, -0.05) is 43.4 Å². The van der Waals surface area contributed by atoms with Gasteiger partial charge in [-0.05, 0) is 37.5 Å². The lowest BCUT2D eigenvalue weighted by Gasteiger charge is -2.20. The standard InChI is InChI=1S/C21H24N4O4S3/c1-3-4-8-22-18-15(19(26)24-11-13(2)5-6-17(24)23-18)10-16-20(27)25(21(30)31-16)14-7-9-32(28,29)12-14/h5-6,10-11,14,22H,3-4,7-9,12H2,1-2H3/b16-10+. The van der Waals surface area contributed by atoms with Crippen molar-refractivity contribution < 1.29 is 13.2 Å². The maximum atomic E-state index is 13.3. The SMILES string of the molecule is CCCCNc1nc2ccc(C)cn2c(=O)c1/C=C1/SC(=S)N(C2CCS(=O)(=O)C2)C1=O. The second kappa shape index (κ2) is 8.95. The molecule has 2 saturated heterocycles. The monoisotopic (exact) mass is 492 g/mol. The van der Waals surface area contributed by atoms with Crippen molar-refractivity contribution in [3.05, 3.63) is 44.7 Å². The largest absolute Gasteiger partial charge is 0.369 e. The number of hydrogen-bond donors (Lipinski definition) is 1. The quantitative estimate of drug-likeness (QED) is 0.373. The average molecular weight is 493 g/mol. The van der Waals surface area contributed by atoms with Gasteiger partial charge in [-0.3, -0.25) is 18.9 Å². The van der Waals surface area contributed by atoms with Crippen LogP contribution in [0.1, 0.15) is 37.3 Å². The van der Waals surface area contributed by atoms with E-state index in [4.69, 9.17) is 12.2 Å². The molecule has 4 rings (SSSR count). The molecule has 1 amide bonds. The summed E-state index contributed by atoms with van der Waals surface area (Å²) in [5.74, 6) is 0.0151. The molecule has 11 heteroatoms. The number of nitrogens with one attached hydrogen (secondary N) is 1. The topological polar surface area (TPSA) is 101 Å². The van der Waals surface area contributed by atoms with Crippen molar-refractivity contribution in [2.45, 2.75) is 39.2 Å². The lowest BCUT2D eigenvalue weighted by atomic mass is 10.2. The Morgan fingerprint density at radius 1 is 1.34 bits per heavy atom. The van der Waals surface area contributed by atoms with E-state index in [0.717, 1.165) is 30.2 Å². The van der Waals surface area contributed by atoms with Crippen molar-refractivity contribution in [1.29, 1.82) is 0 Å². The summed E-state index contributed by atoms with van der Waals surface area (Å²) < 4.78 is 25.6. The molecular weight excluding hydrogens is 468 g/mol. The third kappa shape index (κ3) is 4.46. The Morgan fingerprint density at radius 2 is 2.12 bits per heavy atom. The van der Waals surface area contributed by atoms with E-state index in [1.165, 1.54) is 15.4 Å². The van der Waals surface area contributed by atoms with E-state index < -0.39 is 15.9 Å². The van der Waals surface area contributed by atoms with Gasteiger partial charge in [0.2, 0.25) is 0 Å². The van der Waals surface area contributed by atoms with Gasteiger partial charge in [0, 0.05) is 12.7 Å². The van der Waals surface area contributed by atoms with Gasteiger partial charge in [0.05, 0.1) is 28.0 Å². The highest BCUT2D eigenvalue weighted by molar-refractivity contribution is 8.26. The van der Waals surface area contributed by atoms with E-state index in [1.54, 1.807) is 12.3 Å². The molecule has 2 aromatic heterocycles. The molecule has 0 aromatic carbocycles. The number of amides is 1. The molecule has 0 saturated carbocycles. The van der Waals surface area contributed by atoms with Crippen LogP contribution in [0, 0.1) is 6.92 Å². The molecule has 0 radical (unpaired) electrons. The van der Waals surface area contributed by atoms with Crippen LogP contribution in [0.15, 0.2) is 28.0 Å². The van der Waals surface area contributed by atoms with Gasteiger partial charge in [0.1, 0.15) is 15.8 Å². The van der Waals surface area contributed by atoms with Gasteiger partial charge in [-0.2, -0.15) is 0 Å². The number of aromatic nitrogens is 2. The number of unbranched alkanes of at least 4 members (excludes halogenated alkanes) is 1. The third-order valence-corrected chi connectivity index (χ3v) is 8.58. The molecule has 0 bridgehead atoms. The highest BCUT2D eigenvalue weighted by Gasteiger charge is 2.42. The maximum absolute atomic E-state index is 13.3. The van der Waals surface area contributed by atoms with Crippen molar-refractivity contribution >= 4 is 61.6 Å². The van der Waals surface area contributed by atoms with Gasteiger partial charge in [-0.25, -0.2) is 13.4 Å². The molecular formula is C21H24N4O4S3. The highest BCUT2D eigenvalue weighted by Crippen LogP contribution is 2.36. The first-order valence-corrected chi connectivity index (χ1v) is 13.5. The van der Waals surface area contributed by atoms with Crippen molar-refractivity contribution in [3.63, 3.8) is 0 Å². The van der Waals surface area contributed by atoms with Gasteiger partial charge >= 0.3 is 0 Å². The molecule has 170 valence electrons. The minimum absolute atomic E-state index is 0.0502. The van der Waals surface area contributed by atoms with Crippen molar-refractivity contribution in [2.75, 3.05) is 23.4 Å². The van der Waals surface area contributed by atoms with E-state index in [2.05, 4.69) is 17.2 Å². The molecule has 0 spiro atoms. The van der Waals surface area contributed by atoms with E-state index in [1.807, 2.05) is 13.0 Å². The number of hydrogen-bond acceptors (Lipinski definition) is 8. The average Bonchev–Trinajstić information content (AvgIpc) is 3.23. The number of sulfone groups is 1. The summed E-state index contributed by atoms with van der Waals surface area (Å²) in [6.45, 7) is 4.61. The first-order valence-electron chi connectivity index (χ1n) is 10.4. The summed E-state index contributed by atoms with van der Waals surface area (Å²) in [6.07, 6.45) is 5.50. The van der Waals surface area contributed by atoms with Crippen LogP contribution in [0.25, 0.3) is 11.7 Å². The number of carbonyl (C=O) groups excluding carboxylic acids is 1. The number of carbonyl (C=O) groups is 1. The first kappa shape index (κ1) is 22.9. The fourth-order valence-corrected chi connectivity index (χ4v) is 6.89. The zero-order valence-corrected chi connectivity index (χ0v) is 20.3. The minimum atomic E-state index is -3.17. The maximum Gasteiger partial charge on any atom is 0.267 e. The molecule has 0 aliphatic carbocycles. The van der Waals surface area contributed by atoms with E-state index in [0.29, 0.717) is 33.7 Å². The van der Waals surface area contributed by atoms with Gasteiger partial charge < -0.3 is 5.32 Å². The predicted octanol–water partition coefficient (Wildman–Crippen LogP) is 2.60. The van der Waals surface area contributed by atoms with Gasteiger partial charge in [0.25, 0.3) is 11.5 Å². The lowest BCUT2D eigenvalue weighted by molar-refractivity contribution is -0.123. The Kier molecular flexibility index (Phi) is 6.42. The molecule has 4 heterocycles. The van der Waals surface area contributed by atoms with Gasteiger partial charge in [-0.15, -0.1) is 0 Å². The van der Waals surface area contributed by atoms with E-state index in [9.17, 15) is 18.0 Å². The second-order valence-corrected chi connectivity index (χ2v) is 11.9. The number of thiocarbonyl (C=S) groups is 1. The van der Waals surface area contributed by atoms with Crippen molar-refractivity contribution in [3.8, 4) is 0 Å². The molecule has 2 aromatic rings. The van der Waals surface area contributed by atoms with Gasteiger partial charge in [0.15, 0.2) is 9.84 Å². The smallest absolute Gasteiger partial charge is 0.267 e. The van der Waals surface area contributed by atoms with Crippen LogP contribution in [0.5, 0.6) is 0 Å². The fourth-order valence-electron chi connectivity index (χ4n) is 3.81. The molecule has 1 N–H and O–H groups in total. The second-order valence-electron chi connectivity index (χ2n) is 8.00. The molecule has 32 heavy (non-hydrogen) atoms. The van der Waals surface area contributed by atoms with Crippen LogP contribution < -0.4 is 10.9 Å². The molecule has 2 aliphatic heterocycles. The molecule has 8 nitrogen and oxygen atoms in total. The summed E-state index contributed by atoms with van der Waals surface area (Å²) >= 11 is 6.47. The summed E-state index contributed by atoms with van der Waals surface area (Å²) in [5, 5.41) is 3.22. The summed E-state index contributed by atoms with van der Waals surface area (Å²) in [4.78, 5) is 32.7. The Hall–Kier alpha value is -2.24. The molecule has 1 unspecified atom stereocenters. The number of fused-ring (bicyclic) bond motifs is 1. The predicted molar refractivity (Wildman–Crippen MR) is 132 cm³/mol. The van der Waals surface area contributed by atoms with E-state index in [-0.39, 0.29) is 28.5 Å². The summed E-state index contributed by atoms with van der Waals surface area (Å²) in [5.41, 5.74) is 1.42. The number of pyridine rings is 1. The fraction of sp³-hybridized carbons (Fsp3) is 0.429. The number of nitrogens with zero attached hydrogens (tertiary/aromatic N) is 3. The van der Waals surface area contributed by atoms with Crippen LogP contribution in [-0.2, 0) is 14.6 Å². The van der Waals surface area contributed by atoms with Crippen LogP contribution in [0.3, 0.4) is 0 Å². The number of aryl methyl sites for hydroxylation is 1. The van der Waals surface area contributed by atoms with Crippen LogP contribution in [0.4, 0.5) is 5.82 Å². The van der Waals surface area contributed by atoms with Crippen molar-refractivity contribution in [1.82, 2.24) is 14.3 Å². The highest BCUT2D eigenvalue weighted by atomic mass is 32.2. The minimum Gasteiger partial charge on any atom is -0.369 e. The number of anilines is 1. The van der Waals surface area contributed by atoms with Crippen LogP contribution >= 0.6 is 24.0 Å². The summed E-state index contributed by atoms with van der Waals surface area (Å²) in [6, 6.07) is 3.21. The molecule has 2 fully saturated rings. The normalized spacial score (nSPS) is 21.8. The van der Waals surface area contributed by atoms with Crippen molar-refractivity contribution in [2.24, 2.45) is 0 Å². The lowest BCUT2D eigenvalue weighted by Crippen LogP contribution is -2.39. The first-order chi connectivity index (χ1) is 15.2. The Labute approximate surface area is 196 Å². The number of rotatable bonds is 6. The number of thioether (sulfide) groups is 1. The zero-order valence-electron chi connectivity index (χ0n) is 17.8. The third-order valence-electron chi connectivity index (χ3n) is 5.50. The van der Waals surface area contributed by atoms with Crippen LogP contribution in [0.2, 0.25) is 0 Å². The zero-order chi connectivity index (χ0) is 23.0. The Morgan fingerprint density at radius 3 is 2.81 bits per heavy atom.